The number of halogens is 2. The first-order valence-corrected chi connectivity index (χ1v) is 6.25. The van der Waals surface area contributed by atoms with Gasteiger partial charge in [-0.15, -0.1) is 0 Å². The number of nitrogens with one attached hydrogen (secondary N) is 1. The second-order valence-electron chi connectivity index (χ2n) is 3.29. The smallest absolute Gasteiger partial charge is 0.223 e. The van der Waals surface area contributed by atoms with Crippen molar-refractivity contribution in [2.75, 3.05) is 16.8 Å². The number of nitrogen functional groups attached to an aromatic ring is 2. The number of rotatable bonds is 2. The maximum Gasteiger partial charge on any atom is 0.223 e. The van der Waals surface area contributed by atoms with Gasteiger partial charge < -0.3 is 16.8 Å². The van der Waals surface area contributed by atoms with E-state index in [0.717, 1.165) is 14.6 Å². The van der Waals surface area contributed by atoms with Crippen LogP contribution in [0.1, 0.15) is 0 Å². The molecule has 0 radical (unpaired) electrons. The number of nitrogens with zero attached hydrogens (tertiary/aromatic N) is 2. The Morgan fingerprint density at radius 2 is 1.82 bits per heavy atom. The zero-order valence-electron chi connectivity index (χ0n) is 8.61. The summed E-state index contributed by atoms with van der Waals surface area (Å²) in [4.78, 5) is 7.83. The Balaban J connectivity index is 2.31. The van der Waals surface area contributed by atoms with Gasteiger partial charge in [0.2, 0.25) is 5.95 Å². The fourth-order valence-corrected chi connectivity index (χ4v) is 2.42. The predicted octanol–water partition coefficient (Wildman–Crippen LogP) is 2.91. The van der Waals surface area contributed by atoms with Crippen LogP contribution in [0.2, 0.25) is 0 Å². The summed E-state index contributed by atoms with van der Waals surface area (Å²) in [6.07, 6.45) is 0. The first-order chi connectivity index (χ1) is 8.04. The molecule has 88 valence electrons. The molecule has 7 heteroatoms. The van der Waals surface area contributed by atoms with Gasteiger partial charge in [0.1, 0.15) is 11.6 Å². The third kappa shape index (κ3) is 3.07. The molecule has 1 heterocycles. The molecule has 0 atom stereocenters. The zero-order valence-corrected chi connectivity index (χ0v) is 11.8. The molecule has 5 nitrogen and oxygen atoms in total. The molecule has 0 aliphatic heterocycles. The minimum absolute atomic E-state index is 0.140. The van der Waals surface area contributed by atoms with Crippen LogP contribution in [0.4, 0.5) is 23.3 Å². The van der Waals surface area contributed by atoms with Gasteiger partial charge in [0.05, 0.1) is 5.69 Å². The topological polar surface area (TPSA) is 89.8 Å². The van der Waals surface area contributed by atoms with Crippen LogP contribution >= 0.6 is 31.9 Å². The maximum atomic E-state index is 5.58. The van der Waals surface area contributed by atoms with Crippen LogP contribution in [0.5, 0.6) is 0 Å². The molecule has 0 aliphatic carbocycles. The largest absolute Gasteiger partial charge is 0.383 e. The molecule has 5 N–H and O–H groups in total. The van der Waals surface area contributed by atoms with Crippen molar-refractivity contribution in [1.82, 2.24) is 9.97 Å². The van der Waals surface area contributed by atoms with E-state index in [-0.39, 0.29) is 5.95 Å². The van der Waals surface area contributed by atoms with E-state index in [1.807, 2.05) is 18.2 Å². The lowest BCUT2D eigenvalue weighted by Gasteiger charge is -2.08. The van der Waals surface area contributed by atoms with Crippen LogP contribution in [-0.4, -0.2) is 9.97 Å². The number of hydrogen-bond acceptors (Lipinski definition) is 5. The van der Waals surface area contributed by atoms with Crippen molar-refractivity contribution in [2.24, 2.45) is 0 Å². The molecular formula is C10H9Br2N5. The zero-order chi connectivity index (χ0) is 12.4. The molecular weight excluding hydrogens is 350 g/mol. The van der Waals surface area contributed by atoms with Gasteiger partial charge in [0.25, 0.3) is 0 Å². The maximum absolute atomic E-state index is 5.58. The number of nitrogens with two attached hydrogens (primary N) is 2. The van der Waals surface area contributed by atoms with Crippen molar-refractivity contribution >= 4 is 55.1 Å². The molecule has 0 aliphatic rings. The Bertz CT molecular complexity index is 538. The van der Waals surface area contributed by atoms with Gasteiger partial charge in [0.15, 0.2) is 0 Å². The lowest BCUT2D eigenvalue weighted by Crippen LogP contribution is -2.03. The van der Waals surface area contributed by atoms with Crippen LogP contribution in [0, 0.1) is 0 Å². The van der Waals surface area contributed by atoms with E-state index in [1.165, 1.54) is 0 Å². The number of hydrogen-bond donors (Lipinski definition) is 3. The van der Waals surface area contributed by atoms with Gasteiger partial charge >= 0.3 is 0 Å². The number of aromatic nitrogens is 2. The fourth-order valence-electron chi connectivity index (χ4n) is 1.28. The van der Waals surface area contributed by atoms with Gasteiger partial charge in [-0.2, -0.15) is 9.97 Å². The Hall–Kier alpha value is -1.34. The summed E-state index contributed by atoms with van der Waals surface area (Å²) in [5.74, 6) is 1.02. The number of anilines is 4. The molecule has 0 saturated heterocycles. The van der Waals surface area contributed by atoms with E-state index < -0.39 is 0 Å². The summed E-state index contributed by atoms with van der Waals surface area (Å²) in [6.45, 7) is 0. The number of benzene rings is 1. The molecule has 2 rings (SSSR count). The second kappa shape index (κ2) is 4.89. The minimum atomic E-state index is 0.140. The minimum Gasteiger partial charge on any atom is -0.383 e. The highest BCUT2D eigenvalue weighted by Gasteiger charge is 2.04. The molecule has 0 bridgehead atoms. The van der Waals surface area contributed by atoms with Gasteiger partial charge in [-0.05, 0) is 34.1 Å². The van der Waals surface area contributed by atoms with Gasteiger partial charge in [-0.1, -0.05) is 15.9 Å². The van der Waals surface area contributed by atoms with E-state index in [0.29, 0.717) is 11.6 Å². The Morgan fingerprint density at radius 3 is 2.47 bits per heavy atom. The first-order valence-electron chi connectivity index (χ1n) is 4.67. The van der Waals surface area contributed by atoms with Gasteiger partial charge in [0, 0.05) is 15.0 Å². The molecule has 1 aromatic carbocycles. The van der Waals surface area contributed by atoms with Crippen LogP contribution in [0.3, 0.4) is 0 Å². The summed E-state index contributed by atoms with van der Waals surface area (Å²) in [5.41, 5.74) is 12.0. The highest BCUT2D eigenvalue weighted by Crippen LogP contribution is 2.28. The molecule has 0 unspecified atom stereocenters. The quantitative estimate of drug-likeness (QED) is 0.767. The third-order valence-corrected chi connectivity index (χ3v) is 3.11. The van der Waals surface area contributed by atoms with Crippen molar-refractivity contribution in [3.63, 3.8) is 0 Å². The average Bonchev–Trinajstić information content (AvgIpc) is 2.21. The van der Waals surface area contributed by atoms with Crippen LogP contribution in [0.25, 0.3) is 0 Å². The molecule has 2 aromatic rings. The molecule has 0 fully saturated rings. The summed E-state index contributed by atoms with van der Waals surface area (Å²) in [6, 6.07) is 7.37. The SMILES string of the molecule is Nc1cc(Nc2ccc(Br)cc2Br)nc(N)n1. The monoisotopic (exact) mass is 357 g/mol. The van der Waals surface area contributed by atoms with Crippen molar-refractivity contribution in [2.45, 2.75) is 0 Å². The fraction of sp³-hybridized carbons (Fsp3) is 0. The molecule has 17 heavy (non-hydrogen) atoms. The average molecular weight is 359 g/mol. The molecule has 0 amide bonds. The highest BCUT2D eigenvalue weighted by molar-refractivity contribution is 9.11. The third-order valence-electron chi connectivity index (χ3n) is 1.96. The summed E-state index contributed by atoms with van der Waals surface area (Å²) < 4.78 is 1.89. The molecule has 0 saturated carbocycles. The summed E-state index contributed by atoms with van der Waals surface area (Å²) in [7, 11) is 0. The second-order valence-corrected chi connectivity index (χ2v) is 5.06. The first kappa shape index (κ1) is 12.1. The summed E-state index contributed by atoms with van der Waals surface area (Å²) in [5, 5.41) is 3.10. The van der Waals surface area contributed by atoms with E-state index in [9.17, 15) is 0 Å². The van der Waals surface area contributed by atoms with Crippen LogP contribution < -0.4 is 16.8 Å². The molecule has 0 spiro atoms. The van der Waals surface area contributed by atoms with Crippen molar-refractivity contribution < 1.29 is 0 Å². The van der Waals surface area contributed by atoms with Gasteiger partial charge in [-0.25, -0.2) is 0 Å². The van der Waals surface area contributed by atoms with E-state index in [1.54, 1.807) is 6.07 Å². The lowest BCUT2D eigenvalue weighted by atomic mass is 10.3. The van der Waals surface area contributed by atoms with Crippen molar-refractivity contribution in [1.29, 1.82) is 0 Å². The van der Waals surface area contributed by atoms with E-state index in [4.69, 9.17) is 11.5 Å². The van der Waals surface area contributed by atoms with Crippen molar-refractivity contribution in [3.05, 3.63) is 33.2 Å². The van der Waals surface area contributed by atoms with E-state index in [2.05, 4.69) is 47.1 Å². The standard InChI is InChI=1S/C10H9Br2N5/c11-5-1-2-7(6(12)3-5)15-9-4-8(13)16-10(14)17-9/h1-4H,(H5,13,14,15,16,17). The van der Waals surface area contributed by atoms with Gasteiger partial charge in [-0.3, -0.25) is 0 Å². The summed E-state index contributed by atoms with van der Waals surface area (Å²) >= 11 is 6.82. The Kier molecular flexibility index (Phi) is 3.49. The van der Waals surface area contributed by atoms with Crippen LogP contribution in [-0.2, 0) is 0 Å². The Morgan fingerprint density at radius 1 is 1.06 bits per heavy atom. The highest BCUT2D eigenvalue weighted by atomic mass is 79.9. The molecule has 1 aromatic heterocycles. The van der Waals surface area contributed by atoms with Crippen molar-refractivity contribution in [3.8, 4) is 0 Å². The normalized spacial score (nSPS) is 10.2. The Labute approximate surface area is 115 Å². The van der Waals surface area contributed by atoms with E-state index >= 15 is 0 Å². The predicted molar refractivity (Wildman–Crippen MR) is 76.0 cm³/mol. The lowest BCUT2D eigenvalue weighted by molar-refractivity contribution is 1.19. The van der Waals surface area contributed by atoms with Crippen LogP contribution in [0.15, 0.2) is 33.2 Å².